The van der Waals surface area contributed by atoms with Gasteiger partial charge in [0.25, 0.3) is 5.91 Å². The fourth-order valence-corrected chi connectivity index (χ4v) is 3.21. The number of rotatable bonds is 4. The third-order valence-corrected chi connectivity index (χ3v) is 4.46. The summed E-state index contributed by atoms with van der Waals surface area (Å²) >= 11 is 6.43. The van der Waals surface area contributed by atoms with Crippen molar-refractivity contribution < 1.29 is 9.53 Å². The fraction of sp³-hybridized carbons (Fsp3) is 0.438. The highest BCUT2D eigenvalue weighted by molar-refractivity contribution is 6.33. The lowest BCUT2D eigenvalue weighted by Gasteiger charge is -2.25. The Hall–Kier alpha value is -2.12. The third-order valence-electron chi connectivity index (χ3n) is 4.18. The number of nitrogens with one attached hydrogen (secondary N) is 1. The molecular formula is C16H20ClN5O2. The van der Waals surface area contributed by atoms with Gasteiger partial charge in [-0.1, -0.05) is 11.6 Å². The first-order valence-electron chi connectivity index (χ1n) is 7.67. The summed E-state index contributed by atoms with van der Waals surface area (Å²) < 4.78 is 5.51. The highest BCUT2D eigenvalue weighted by Crippen LogP contribution is 2.38. The molecule has 0 spiro atoms. The average Bonchev–Trinajstić information content (AvgIpc) is 3.22. The second-order valence-electron chi connectivity index (χ2n) is 5.96. The number of nitrogens with zero attached hydrogens (tertiary/aromatic N) is 4. The summed E-state index contributed by atoms with van der Waals surface area (Å²) in [7, 11) is 5.09. The van der Waals surface area contributed by atoms with Gasteiger partial charge in [-0.05, 0) is 6.07 Å². The number of hydrogen-bond acceptors (Lipinski definition) is 5. The van der Waals surface area contributed by atoms with Crippen molar-refractivity contribution in [3.8, 4) is 0 Å². The van der Waals surface area contributed by atoms with Gasteiger partial charge in [-0.2, -0.15) is 0 Å². The van der Waals surface area contributed by atoms with Gasteiger partial charge in [-0.15, -0.1) is 0 Å². The minimum absolute atomic E-state index is 0.00495. The Morgan fingerprint density at radius 3 is 2.83 bits per heavy atom. The van der Waals surface area contributed by atoms with Gasteiger partial charge >= 0.3 is 0 Å². The lowest BCUT2D eigenvalue weighted by Crippen LogP contribution is -2.27. The van der Waals surface area contributed by atoms with E-state index in [-0.39, 0.29) is 18.1 Å². The molecule has 2 aromatic heterocycles. The summed E-state index contributed by atoms with van der Waals surface area (Å²) in [5.74, 6) is 1.35. The van der Waals surface area contributed by atoms with Crippen LogP contribution >= 0.6 is 11.6 Å². The van der Waals surface area contributed by atoms with Gasteiger partial charge in [0.2, 0.25) is 0 Å². The second kappa shape index (κ2) is 6.78. The number of halogens is 1. The standard InChI is InChI=1S/C16H20ClN5O2/c1-21(2)16(23)10-6-12(17)15(20-8-10)22-9-11(24-3)7-13(22)14-18-4-5-19-14/h4-6,8,11,13H,7,9H2,1-3H3,(H,18,19)/t11-,13?/m1/s1. The van der Waals surface area contributed by atoms with Crippen molar-refractivity contribution in [1.29, 1.82) is 0 Å². The maximum atomic E-state index is 12.1. The number of aromatic amines is 1. The number of carbonyl (C=O) groups is 1. The zero-order chi connectivity index (χ0) is 17.3. The number of hydrogen-bond donors (Lipinski definition) is 1. The van der Waals surface area contributed by atoms with Crippen molar-refractivity contribution in [1.82, 2.24) is 19.9 Å². The molecule has 0 bridgehead atoms. The number of H-pyrrole nitrogens is 1. The van der Waals surface area contributed by atoms with Crippen molar-refractivity contribution in [3.05, 3.63) is 41.1 Å². The molecule has 1 saturated heterocycles. The summed E-state index contributed by atoms with van der Waals surface area (Å²) in [6.45, 7) is 0.662. The predicted octanol–water partition coefficient (Wildman–Crippen LogP) is 2.13. The summed E-state index contributed by atoms with van der Waals surface area (Å²) in [6, 6.07) is 1.66. The number of amides is 1. The summed E-state index contributed by atoms with van der Waals surface area (Å²) in [5.41, 5.74) is 0.464. The molecule has 1 unspecified atom stereocenters. The Labute approximate surface area is 145 Å². The van der Waals surface area contributed by atoms with E-state index >= 15 is 0 Å². The number of aromatic nitrogens is 3. The monoisotopic (exact) mass is 349 g/mol. The molecular weight excluding hydrogens is 330 g/mol. The largest absolute Gasteiger partial charge is 0.380 e. The van der Waals surface area contributed by atoms with Crippen molar-refractivity contribution in [3.63, 3.8) is 0 Å². The Kier molecular flexibility index (Phi) is 4.73. The van der Waals surface area contributed by atoms with Crippen LogP contribution in [0, 0.1) is 0 Å². The molecule has 0 aromatic carbocycles. The van der Waals surface area contributed by atoms with Crippen LogP contribution in [0.25, 0.3) is 0 Å². The SMILES string of the molecule is CO[C@@H]1CC(c2ncc[nH]2)N(c2ncc(C(=O)N(C)C)cc2Cl)C1. The molecule has 3 heterocycles. The predicted molar refractivity (Wildman–Crippen MR) is 91.4 cm³/mol. The molecule has 1 aliphatic heterocycles. The molecule has 128 valence electrons. The first kappa shape index (κ1) is 16.7. The summed E-state index contributed by atoms with van der Waals surface area (Å²) in [4.78, 5) is 27.6. The van der Waals surface area contributed by atoms with Gasteiger partial charge in [0, 0.05) is 52.8 Å². The molecule has 2 atom stereocenters. The van der Waals surface area contributed by atoms with E-state index in [0.717, 1.165) is 12.2 Å². The maximum absolute atomic E-state index is 12.1. The van der Waals surface area contributed by atoms with Crippen LogP contribution in [-0.4, -0.2) is 59.6 Å². The number of methoxy groups -OCH3 is 1. The number of imidazole rings is 1. The van der Waals surface area contributed by atoms with Crippen LogP contribution in [0.4, 0.5) is 5.82 Å². The van der Waals surface area contributed by atoms with Crippen LogP contribution in [0.2, 0.25) is 5.02 Å². The molecule has 1 fully saturated rings. The normalized spacial score (nSPS) is 20.4. The van der Waals surface area contributed by atoms with Crippen LogP contribution in [-0.2, 0) is 4.74 Å². The van der Waals surface area contributed by atoms with Gasteiger partial charge in [0.15, 0.2) is 0 Å². The number of ether oxygens (including phenoxy) is 1. The molecule has 0 aliphatic carbocycles. The molecule has 7 nitrogen and oxygen atoms in total. The van der Waals surface area contributed by atoms with Gasteiger partial charge in [0.1, 0.15) is 11.6 Å². The van der Waals surface area contributed by atoms with Crippen molar-refractivity contribution in [2.45, 2.75) is 18.6 Å². The first-order valence-corrected chi connectivity index (χ1v) is 8.05. The summed E-state index contributed by atoms with van der Waals surface area (Å²) in [5, 5.41) is 0.441. The van der Waals surface area contributed by atoms with Crippen LogP contribution in [0.3, 0.4) is 0 Å². The number of carbonyl (C=O) groups excluding carboxylic acids is 1. The van der Waals surface area contributed by atoms with E-state index in [0.29, 0.717) is 22.9 Å². The zero-order valence-corrected chi connectivity index (χ0v) is 14.6. The Bertz CT molecular complexity index is 719. The highest BCUT2D eigenvalue weighted by atomic mass is 35.5. The number of pyridine rings is 1. The summed E-state index contributed by atoms with van der Waals surface area (Å²) in [6.07, 6.45) is 5.94. The average molecular weight is 350 g/mol. The topological polar surface area (TPSA) is 74.3 Å². The fourth-order valence-electron chi connectivity index (χ4n) is 2.94. The maximum Gasteiger partial charge on any atom is 0.254 e. The molecule has 8 heteroatoms. The molecule has 24 heavy (non-hydrogen) atoms. The van der Waals surface area contributed by atoms with E-state index in [4.69, 9.17) is 16.3 Å². The smallest absolute Gasteiger partial charge is 0.254 e. The lowest BCUT2D eigenvalue weighted by molar-refractivity contribution is 0.0827. The Morgan fingerprint density at radius 1 is 1.46 bits per heavy atom. The van der Waals surface area contributed by atoms with Crippen LogP contribution in [0.15, 0.2) is 24.7 Å². The van der Waals surface area contributed by atoms with Gasteiger partial charge in [0.05, 0.1) is 22.7 Å². The first-order chi connectivity index (χ1) is 11.5. The van der Waals surface area contributed by atoms with Gasteiger partial charge in [-0.25, -0.2) is 9.97 Å². The molecule has 2 aromatic rings. The van der Waals surface area contributed by atoms with Crippen LogP contribution in [0.1, 0.15) is 28.6 Å². The molecule has 1 N–H and O–H groups in total. The minimum Gasteiger partial charge on any atom is -0.380 e. The quantitative estimate of drug-likeness (QED) is 0.915. The van der Waals surface area contributed by atoms with Crippen LogP contribution in [0.5, 0.6) is 0 Å². The van der Waals surface area contributed by atoms with E-state index in [1.807, 2.05) is 0 Å². The van der Waals surface area contributed by atoms with Gasteiger partial charge in [-0.3, -0.25) is 4.79 Å². The molecule has 3 rings (SSSR count). The van der Waals surface area contributed by atoms with Crippen molar-refractivity contribution >= 4 is 23.3 Å². The van der Waals surface area contributed by atoms with Crippen LogP contribution < -0.4 is 4.90 Å². The van der Waals surface area contributed by atoms with Crippen molar-refractivity contribution in [2.75, 3.05) is 32.6 Å². The van der Waals surface area contributed by atoms with E-state index < -0.39 is 0 Å². The Morgan fingerprint density at radius 2 is 2.25 bits per heavy atom. The van der Waals surface area contributed by atoms with E-state index in [2.05, 4.69) is 19.9 Å². The van der Waals surface area contributed by atoms with Crippen molar-refractivity contribution in [2.24, 2.45) is 0 Å². The third kappa shape index (κ3) is 3.09. The molecule has 0 radical (unpaired) electrons. The van der Waals surface area contributed by atoms with E-state index in [9.17, 15) is 4.79 Å². The van der Waals surface area contributed by atoms with E-state index in [1.54, 1.807) is 45.9 Å². The zero-order valence-electron chi connectivity index (χ0n) is 13.9. The molecule has 1 amide bonds. The van der Waals surface area contributed by atoms with E-state index in [1.165, 1.54) is 4.90 Å². The molecule has 1 aliphatic rings. The number of anilines is 1. The second-order valence-corrected chi connectivity index (χ2v) is 6.37. The minimum atomic E-state index is -0.130. The highest BCUT2D eigenvalue weighted by Gasteiger charge is 2.36. The molecule has 0 saturated carbocycles. The van der Waals surface area contributed by atoms with Gasteiger partial charge < -0.3 is 19.5 Å². The Balaban J connectivity index is 1.93. The lowest BCUT2D eigenvalue weighted by atomic mass is 10.2.